The summed E-state index contributed by atoms with van der Waals surface area (Å²) in [5.74, 6) is 0.000289. The first-order valence-electron chi connectivity index (χ1n) is 10.3. The first-order chi connectivity index (χ1) is 13.8. The Morgan fingerprint density at radius 1 is 0.933 bits per heavy atom. The van der Waals surface area contributed by atoms with Gasteiger partial charge in [0.1, 0.15) is 6.54 Å². The van der Waals surface area contributed by atoms with Gasteiger partial charge in [-0.15, -0.1) is 0 Å². The number of carbonyl (C=O) groups is 1. The Kier molecular flexibility index (Phi) is 7.35. The van der Waals surface area contributed by atoms with Crippen molar-refractivity contribution >= 4 is 21.6 Å². The van der Waals surface area contributed by atoms with Crippen LogP contribution < -0.4 is 9.62 Å². The first-order valence-corrected chi connectivity index (χ1v) is 12.1. The van der Waals surface area contributed by atoms with Gasteiger partial charge in [0.15, 0.2) is 0 Å². The number of sulfonamides is 1. The van der Waals surface area contributed by atoms with Crippen molar-refractivity contribution in [2.45, 2.75) is 58.9 Å². The molecular formula is C24H34N2O3S. The van der Waals surface area contributed by atoms with E-state index in [0.29, 0.717) is 11.6 Å². The summed E-state index contributed by atoms with van der Waals surface area (Å²) in [7, 11) is -3.60. The molecule has 0 aromatic heterocycles. The molecule has 0 spiro atoms. The number of nitrogens with zero attached hydrogens (tertiary/aromatic N) is 1. The molecule has 0 saturated heterocycles. The first kappa shape index (κ1) is 23.9. The predicted octanol–water partition coefficient (Wildman–Crippen LogP) is 4.75. The zero-order valence-corrected chi connectivity index (χ0v) is 19.9. The summed E-state index contributed by atoms with van der Waals surface area (Å²) in [4.78, 5) is 12.6. The van der Waals surface area contributed by atoms with Crippen molar-refractivity contribution in [2.75, 3.05) is 17.1 Å². The smallest absolute Gasteiger partial charge is 0.241 e. The van der Waals surface area contributed by atoms with E-state index in [1.54, 1.807) is 12.1 Å². The fourth-order valence-corrected chi connectivity index (χ4v) is 4.05. The SMILES string of the molecule is CC(C)c1ccc(N(CC(=O)NC(C)c2ccc(C(C)(C)C)cc2)S(C)(=O)=O)cc1. The molecule has 6 heteroatoms. The maximum atomic E-state index is 12.6. The third-order valence-corrected chi connectivity index (χ3v) is 6.33. The van der Waals surface area contributed by atoms with Crippen LogP contribution in [0.3, 0.4) is 0 Å². The van der Waals surface area contributed by atoms with Gasteiger partial charge < -0.3 is 5.32 Å². The van der Waals surface area contributed by atoms with Crippen molar-refractivity contribution in [2.24, 2.45) is 0 Å². The molecule has 2 rings (SSSR count). The number of hydrogen-bond donors (Lipinski definition) is 1. The van der Waals surface area contributed by atoms with Crippen molar-refractivity contribution in [1.82, 2.24) is 5.32 Å². The zero-order valence-electron chi connectivity index (χ0n) is 19.1. The van der Waals surface area contributed by atoms with Crippen LogP contribution in [0, 0.1) is 0 Å². The van der Waals surface area contributed by atoms with Gasteiger partial charge in [0.05, 0.1) is 18.0 Å². The lowest BCUT2D eigenvalue weighted by molar-refractivity contribution is -0.120. The minimum absolute atomic E-state index is 0.0616. The van der Waals surface area contributed by atoms with Gasteiger partial charge in [0.2, 0.25) is 15.9 Å². The lowest BCUT2D eigenvalue weighted by Gasteiger charge is -2.24. The van der Waals surface area contributed by atoms with Gasteiger partial charge in [-0.1, -0.05) is 71.0 Å². The molecule has 2 aromatic carbocycles. The average molecular weight is 431 g/mol. The molecule has 30 heavy (non-hydrogen) atoms. The molecule has 0 saturated carbocycles. The van der Waals surface area contributed by atoms with Crippen LogP contribution in [0.15, 0.2) is 48.5 Å². The van der Waals surface area contributed by atoms with Gasteiger partial charge in [-0.25, -0.2) is 8.42 Å². The van der Waals surface area contributed by atoms with Crippen LogP contribution >= 0.6 is 0 Å². The molecule has 0 aliphatic rings. The summed E-state index contributed by atoms with van der Waals surface area (Å²) in [6.45, 7) is 12.2. The van der Waals surface area contributed by atoms with Gasteiger partial charge in [-0.3, -0.25) is 9.10 Å². The second-order valence-corrected chi connectivity index (χ2v) is 11.1. The number of nitrogens with one attached hydrogen (secondary N) is 1. The highest BCUT2D eigenvalue weighted by atomic mass is 32.2. The minimum atomic E-state index is -3.60. The van der Waals surface area contributed by atoms with E-state index < -0.39 is 10.0 Å². The second kappa shape index (κ2) is 9.21. The van der Waals surface area contributed by atoms with Gasteiger partial charge in [0, 0.05) is 0 Å². The minimum Gasteiger partial charge on any atom is -0.348 e. The molecule has 1 unspecified atom stereocenters. The highest BCUT2D eigenvalue weighted by Crippen LogP contribution is 2.24. The lowest BCUT2D eigenvalue weighted by atomic mass is 9.86. The Morgan fingerprint density at radius 2 is 1.43 bits per heavy atom. The topological polar surface area (TPSA) is 66.5 Å². The summed E-state index contributed by atoms with van der Waals surface area (Å²) in [5, 5.41) is 2.91. The Hall–Kier alpha value is -2.34. The number of rotatable bonds is 7. The average Bonchev–Trinajstić information content (AvgIpc) is 2.64. The van der Waals surface area contributed by atoms with E-state index in [2.05, 4.69) is 52.1 Å². The van der Waals surface area contributed by atoms with Crippen molar-refractivity contribution in [3.8, 4) is 0 Å². The van der Waals surface area contributed by atoms with Crippen LogP contribution in [-0.2, 0) is 20.2 Å². The van der Waals surface area contributed by atoms with Crippen LogP contribution in [0.5, 0.6) is 0 Å². The predicted molar refractivity (Wildman–Crippen MR) is 124 cm³/mol. The Bertz CT molecular complexity index is 957. The van der Waals surface area contributed by atoms with Gasteiger partial charge in [0.25, 0.3) is 0 Å². The van der Waals surface area contributed by atoms with E-state index in [1.165, 1.54) is 5.56 Å². The standard InChI is InChI=1S/C24H34N2O3S/c1-17(2)19-10-14-22(15-11-19)26(30(7,28)29)16-23(27)25-18(3)20-8-12-21(13-9-20)24(4,5)6/h8-15,17-18H,16H2,1-7H3,(H,25,27). The van der Waals surface area contributed by atoms with Gasteiger partial charge in [-0.2, -0.15) is 0 Å². The summed E-state index contributed by atoms with van der Waals surface area (Å²) in [6.07, 6.45) is 1.12. The van der Waals surface area contributed by atoms with Crippen LogP contribution in [0.1, 0.15) is 70.2 Å². The molecule has 0 aliphatic carbocycles. The molecule has 1 amide bonds. The normalized spacial score (nSPS) is 13.2. The third-order valence-electron chi connectivity index (χ3n) is 5.19. The van der Waals surface area contributed by atoms with E-state index in [9.17, 15) is 13.2 Å². The van der Waals surface area contributed by atoms with Crippen LogP contribution in [0.25, 0.3) is 0 Å². The Balaban J connectivity index is 2.12. The summed E-state index contributed by atoms with van der Waals surface area (Å²) in [5.41, 5.74) is 3.86. The molecule has 5 nitrogen and oxygen atoms in total. The van der Waals surface area contributed by atoms with E-state index >= 15 is 0 Å². The van der Waals surface area contributed by atoms with E-state index in [-0.39, 0.29) is 23.9 Å². The van der Waals surface area contributed by atoms with Crippen molar-refractivity contribution < 1.29 is 13.2 Å². The summed E-state index contributed by atoms with van der Waals surface area (Å²) >= 11 is 0. The van der Waals surface area contributed by atoms with Gasteiger partial charge in [-0.05, 0) is 47.1 Å². The lowest BCUT2D eigenvalue weighted by Crippen LogP contribution is -2.41. The van der Waals surface area contributed by atoms with Crippen molar-refractivity contribution in [3.63, 3.8) is 0 Å². The highest BCUT2D eigenvalue weighted by molar-refractivity contribution is 7.92. The Labute approximate surface area is 181 Å². The molecule has 0 bridgehead atoms. The number of hydrogen-bond acceptors (Lipinski definition) is 3. The maximum absolute atomic E-state index is 12.6. The quantitative estimate of drug-likeness (QED) is 0.689. The van der Waals surface area contributed by atoms with Crippen molar-refractivity contribution in [1.29, 1.82) is 0 Å². The number of anilines is 1. The van der Waals surface area contributed by atoms with Crippen LogP contribution in [-0.4, -0.2) is 27.1 Å². The van der Waals surface area contributed by atoms with Crippen molar-refractivity contribution in [3.05, 3.63) is 65.2 Å². The summed E-state index contributed by atoms with van der Waals surface area (Å²) < 4.78 is 25.8. The molecule has 1 atom stereocenters. The number of carbonyl (C=O) groups excluding carboxylic acids is 1. The van der Waals surface area contributed by atoms with Gasteiger partial charge >= 0.3 is 0 Å². The molecule has 0 fully saturated rings. The fourth-order valence-electron chi connectivity index (χ4n) is 3.20. The van der Waals surface area contributed by atoms with Crippen LogP contribution in [0.4, 0.5) is 5.69 Å². The monoisotopic (exact) mass is 430 g/mol. The number of amides is 1. The molecule has 1 N–H and O–H groups in total. The maximum Gasteiger partial charge on any atom is 0.241 e. The zero-order chi connectivity index (χ0) is 22.7. The molecule has 0 heterocycles. The molecular weight excluding hydrogens is 396 g/mol. The largest absolute Gasteiger partial charge is 0.348 e. The Morgan fingerprint density at radius 3 is 1.87 bits per heavy atom. The molecule has 0 radical (unpaired) electrons. The molecule has 0 aliphatic heterocycles. The summed E-state index contributed by atoms with van der Waals surface area (Å²) in [6, 6.07) is 15.2. The van der Waals surface area contributed by atoms with E-state index in [1.807, 2.05) is 31.2 Å². The molecule has 2 aromatic rings. The third kappa shape index (κ3) is 6.33. The fraction of sp³-hybridized carbons (Fsp3) is 0.458. The second-order valence-electron chi connectivity index (χ2n) is 9.18. The highest BCUT2D eigenvalue weighted by Gasteiger charge is 2.22. The van der Waals surface area contributed by atoms with E-state index in [4.69, 9.17) is 0 Å². The number of benzene rings is 2. The van der Waals surface area contributed by atoms with E-state index in [0.717, 1.165) is 21.7 Å². The molecule has 164 valence electrons. The van der Waals surface area contributed by atoms with Crippen LogP contribution in [0.2, 0.25) is 0 Å².